The van der Waals surface area contributed by atoms with Crippen LogP contribution in [0.4, 0.5) is 11.4 Å². The molecule has 9 heteroatoms. The number of non-ortho nitro benzene ring substituents is 2. The highest BCUT2D eigenvalue weighted by molar-refractivity contribution is 5.45. The molecule has 0 amide bonds. The van der Waals surface area contributed by atoms with Gasteiger partial charge in [0.05, 0.1) is 9.85 Å². The third-order valence-electron chi connectivity index (χ3n) is 4.08. The maximum Gasteiger partial charge on any atom is 0.269 e. The molecule has 3 rings (SSSR count). The number of ether oxygens (including phenoxy) is 2. The molecule has 27 heavy (non-hydrogen) atoms. The molecule has 1 unspecified atom stereocenters. The first-order valence-electron chi connectivity index (χ1n) is 8.28. The Morgan fingerprint density at radius 1 is 1.15 bits per heavy atom. The highest BCUT2D eigenvalue weighted by Gasteiger charge is 2.21. The minimum atomic E-state index is -0.474. The van der Waals surface area contributed by atoms with E-state index in [1.165, 1.54) is 24.3 Å². The number of phenolic OH excluding ortho intramolecular Hbond substituents is 1. The average Bonchev–Trinajstić information content (AvgIpc) is 2.67. The minimum Gasteiger partial charge on any atom is -0.508 e. The number of methoxy groups -OCH3 is 1. The summed E-state index contributed by atoms with van der Waals surface area (Å²) in [5.41, 5.74) is 1.60. The van der Waals surface area contributed by atoms with Crippen molar-refractivity contribution in [3.8, 4) is 11.5 Å². The van der Waals surface area contributed by atoms with Gasteiger partial charge in [0.1, 0.15) is 11.5 Å². The molecule has 9 nitrogen and oxygen atoms in total. The number of nitrogens with zero attached hydrogens (tertiary/aromatic N) is 2. The van der Waals surface area contributed by atoms with Crippen LogP contribution in [0.15, 0.2) is 36.4 Å². The van der Waals surface area contributed by atoms with Gasteiger partial charge in [0.15, 0.2) is 6.29 Å². The van der Waals surface area contributed by atoms with Gasteiger partial charge in [-0.25, -0.2) is 0 Å². The standard InChI is InChI=1S/C10H11NO4.C8H9NO3/c1-14-10-5-2-7-6-8(11(12)13)3-4-9(7)15-10;1-2-6-5-7(9(11)12)3-4-8(6)10/h3-4,6,10H,2,5H2,1H3;3-5,10H,2H2,1H3. The molecule has 1 N–H and O–H groups in total. The molecule has 2 aromatic carbocycles. The normalized spacial score (nSPS) is 15.0. The van der Waals surface area contributed by atoms with Crippen LogP contribution < -0.4 is 4.74 Å². The summed E-state index contributed by atoms with van der Waals surface area (Å²) in [6.07, 6.45) is 1.83. The zero-order valence-corrected chi connectivity index (χ0v) is 15.0. The molecule has 0 aromatic heterocycles. The Kier molecular flexibility index (Phi) is 6.67. The summed E-state index contributed by atoms with van der Waals surface area (Å²) in [6, 6.07) is 8.64. The smallest absolute Gasteiger partial charge is 0.269 e. The lowest BCUT2D eigenvalue weighted by Crippen LogP contribution is -2.24. The van der Waals surface area contributed by atoms with Gasteiger partial charge in [-0.2, -0.15) is 0 Å². The fourth-order valence-corrected chi connectivity index (χ4v) is 2.60. The van der Waals surface area contributed by atoms with Crippen LogP contribution in [0.1, 0.15) is 24.5 Å². The second kappa shape index (κ2) is 8.95. The Morgan fingerprint density at radius 2 is 1.78 bits per heavy atom. The molecular formula is C18H20N2O7. The SMILES string of the molecule is CCc1cc([N+](=O)[O-])ccc1O.COC1CCc2cc([N+](=O)[O-])ccc2O1. The van der Waals surface area contributed by atoms with Crippen molar-refractivity contribution in [2.24, 2.45) is 0 Å². The van der Waals surface area contributed by atoms with E-state index in [-0.39, 0.29) is 23.4 Å². The van der Waals surface area contributed by atoms with E-state index in [4.69, 9.17) is 9.47 Å². The van der Waals surface area contributed by atoms with Gasteiger partial charge in [-0.1, -0.05) is 6.92 Å². The van der Waals surface area contributed by atoms with E-state index in [1.807, 2.05) is 6.92 Å². The summed E-state index contributed by atoms with van der Waals surface area (Å²) in [4.78, 5) is 20.0. The lowest BCUT2D eigenvalue weighted by Gasteiger charge is -2.24. The first-order chi connectivity index (χ1) is 12.8. The molecule has 0 fully saturated rings. The third-order valence-corrected chi connectivity index (χ3v) is 4.08. The molecule has 0 spiro atoms. The van der Waals surface area contributed by atoms with E-state index in [0.29, 0.717) is 17.7 Å². The van der Waals surface area contributed by atoms with Gasteiger partial charge < -0.3 is 14.6 Å². The van der Waals surface area contributed by atoms with Crippen molar-refractivity contribution in [2.75, 3.05) is 7.11 Å². The molecule has 1 heterocycles. The predicted octanol–water partition coefficient (Wildman–Crippen LogP) is 3.76. The van der Waals surface area contributed by atoms with Crippen molar-refractivity contribution in [1.82, 2.24) is 0 Å². The number of nitro groups is 2. The first kappa shape index (κ1) is 20.1. The minimum absolute atomic E-state index is 0.0182. The van der Waals surface area contributed by atoms with Crippen molar-refractivity contribution in [3.05, 3.63) is 67.8 Å². The fourth-order valence-electron chi connectivity index (χ4n) is 2.60. The van der Waals surface area contributed by atoms with Crippen LogP contribution in [0, 0.1) is 20.2 Å². The molecule has 0 bridgehead atoms. The first-order valence-corrected chi connectivity index (χ1v) is 8.28. The van der Waals surface area contributed by atoms with Gasteiger partial charge in [-0.05, 0) is 25.0 Å². The fraction of sp³-hybridized carbons (Fsp3) is 0.333. The zero-order chi connectivity index (χ0) is 20.0. The van der Waals surface area contributed by atoms with E-state index in [2.05, 4.69) is 0 Å². The number of aromatic hydroxyl groups is 1. The Balaban J connectivity index is 0.000000199. The van der Waals surface area contributed by atoms with Crippen LogP contribution >= 0.6 is 0 Å². The molecule has 0 saturated heterocycles. The topological polar surface area (TPSA) is 125 Å². The van der Waals surface area contributed by atoms with E-state index in [1.54, 1.807) is 19.2 Å². The summed E-state index contributed by atoms with van der Waals surface area (Å²) in [5.74, 6) is 0.793. The molecule has 0 saturated carbocycles. The van der Waals surface area contributed by atoms with Gasteiger partial charge >= 0.3 is 0 Å². The monoisotopic (exact) mass is 376 g/mol. The number of hydrogen-bond donors (Lipinski definition) is 1. The number of fused-ring (bicyclic) bond motifs is 1. The lowest BCUT2D eigenvalue weighted by atomic mass is 10.1. The molecule has 1 aliphatic heterocycles. The number of rotatable bonds is 4. The quantitative estimate of drug-likeness (QED) is 0.636. The lowest BCUT2D eigenvalue weighted by molar-refractivity contribution is -0.385. The molecule has 2 aromatic rings. The summed E-state index contributed by atoms with van der Waals surface area (Å²) >= 11 is 0. The maximum absolute atomic E-state index is 10.5. The van der Waals surface area contributed by atoms with Crippen LogP contribution in [-0.4, -0.2) is 28.4 Å². The number of benzene rings is 2. The number of phenols is 1. The number of aryl methyl sites for hydroxylation is 2. The van der Waals surface area contributed by atoms with Crippen LogP contribution in [-0.2, 0) is 17.6 Å². The van der Waals surface area contributed by atoms with Crippen molar-refractivity contribution in [3.63, 3.8) is 0 Å². The average molecular weight is 376 g/mol. The third kappa shape index (κ3) is 5.14. The molecule has 144 valence electrons. The molecule has 1 atom stereocenters. The van der Waals surface area contributed by atoms with Gasteiger partial charge in [-0.3, -0.25) is 20.2 Å². The second-order valence-corrected chi connectivity index (χ2v) is 5.79. The zero-order valence-electron chi connectivity index (χ0n) is 15.0. The number of nitro benzene ring substituents is 2. The molecule has 0 aliphatic carbocycles. The second-order valence-electron chi connectivity index (χ2n) is 5.79. The summed E-state index contributed by atoms with van der Waals surface area (Å²) in [7, 11) is 1.58. The van der Waals surface area contributed by atoms with Crippen LogP contribution in [0.5, 0.6) is 11.5 Å². The van der Waals surface area contributed by atoms with Crippen molar-refractivity contribution >= 4 is 11.4 Å². The Bertz CT molecular complexity index is 838. The summed E-state index contributed by atoms with van der Waals surface area (Å²) < 4.78 is 10.5. The maximum atomic E-state index is 10.5. The van der Waals surface area contributed by atoms with Crippen LogP contribution in [0.3, 0.4) is 0 Å². The summed E-state index contributed by atoms with van der Waals surface area (Å²) in [5, 5.41) is 30.0. The van der Waals surface area contributed by atoms with E-state index in [9.17, 15) is 25.3 Å². The molecular weight excluding hydrogens is 356 g/mol. The van der Waals surface area contributed by atoms with Crippen LogP contribution in [0.2, 0.25) is 0 Å². The van der Waals surface area contributed by atoms with E-state index >= 15 is 0 Å². The highest BCUT2D eigenvalue weighted by Crippen LogP contribution is 2.30. The van der Waals surface area contributed by atoms with E-state index < -0.39 is 9.85 Å². The number of hydrogen-bond acceptors (Lipinski definition) is 7. The van der Waals surface area contributed by atoms with Crippen LogP contribution in [0.25, 0.3) is 0 Å². The Morgan fingerprint density at radius 3 is 2.37 bits per heavy atom. The molecule has 1 aliphatic rings. The predicted molar refractivity (Wildman–Crippen MR) is 97.0 cm³/mol. The van der Waals surface area contributed by atoms with Crippen molar-refractivity contribution < 1.29 is 24.4 Å². The summed E-state index contributed by atoms with van der Waals surface area (Å²) in [6.45, 7) is 1.83. The van der Waals surface area contributed by atoms with Gasteiger partial charge in [0, 0.05) is 48.9 Å². The van der Waals surface area contributed by atoms with Crippen molar-refractivity contribution in [1.29, 1.82) is 0 Å². The van der Waals surface area contributed by atoms with Crippen molar-refractivity contribution in [2.45, 2.75) is 32.5 Å². The van der Waals surface area contributed by atoms with Gasteiger partial charge in [0.25, 0.3) is 11.4 Å². The van der Waals surface area contributed by atoms with Gasteiger partial charge in [-0.15, -0.1) is 0 Å². The van der Waals surface area contributed by atoms with Gasteiger partial charge in [0.2, 0.25) is 0 Å². The highest BCUT2D eigenvalue weighted by atomic mass is 16.7. The Labute approximate surface area is 155 Å². The Hall–Kier alpha value is -3.20. The molecule has 0 radical (unpaired) electrons. The van der Waals surface area contributed by atoms with E-state index in [0.717, 1.165) is 18.4 Å². The largest absolute Gasteiger partial charge is 0.508 e.